The van der Waals surface area contributed by atoms with Crippen LogP contribution in [0.2, 0.25) is 0 Å². The number of halogens is 4. The van der Waals surface area contributed by atoms with E-state index in [1.165, 1.54) is 22.9 Å². The maximum absolute atomic E-state index is 14.2. The van der Waals surface area contributed by atoms with Crippen molar-refractivity contribution in [3.8, 4) is 5.69 Å². The molecule has 5 nitrogen and oxygen atoms in total. The van der Waals surface area contributed by atoms with Gasteiger partial charge in [-0.15, -0.1) is 0 Å². The zero-order valence-corrected chi connectivity index (χ0v) is 16.7. The van der Waals surface area contributed by atoms with E-state index in [1.807, 2.05) is 4.90 Å². The van der Waals surface area contributed by atoms with E-state index in [0.717, 1.165) is 12.1 Å². The molecule has 162 valence electrons. The van der Waals surface area contributed by atoms with Crippen LogP contribution in [0, 0.1) is 12.7 Å². The van der Waals surface area contributed by atoms with Crippen LogP contribution >= 0.6 is 0 Å². The van der Waals surface area contributed by atoms with E-state index in [9.17, 15) is 22.4 Å². The highest BCUT2D eigenvalue weighted by molar-refractivity contribution is 5.93. The smallest absolute Gasteiger partial charge is 0.368 e. The number of aromatic nitrogens is 2. The van der Waals surface area contributed by atoms with Crippen molar-refractivity contribution < 1.29 is 22.4 Å². The first-order chi connectivity index (χ1) is 14.7. The van der Waals surface area contributed by atoms with Gasteiger partial charge >= 0.3 is 6.18 Å². The number of carbonyl (C=O) groups excluding carboxylic acids is 1. The molecule has 2 heterocycles. The predicted molar refractivity (Wildman–Crippen MR) is 108 cm³/mol. The zero-order valence-electron chi connectivity index (χ0n) is 16.7. The van der Waals surface area contributed by atoms with Crippen LogP contribution in [0.5, 0.6) is 0 Å². The third kappa shape index (κ3) is 4.26. The normalized spacial score (nSPS) is 14.7. The third-order valence-corrected chi connectivity index (χ3v) is 5.26. The van der Waals surface area contributed by atoms with Crippen LogP contribution in [-0.2, 0) is 6.18 Å². The first-order valence-electron chi connectivity index (χ1n) is 9.77. The highest BCUT2D eigenvalue weighted by atomic mass is 19.4. The topological polar surface area (TPSA) is 41.4 Å². The van der Waals surface area contributed by atoms with Gasteiger partial charge in [0, 0.05) is 31.9 Å². The van der Waals surface area contributed by atoms with E-state index in [1.54, 1.807) is 36.1 Å². The molecular formula is C22H20F4N4O. The molecule has 1 aliphatic heterocycles. The van der Waals surface area contributed by atoms with Crippen molar-refractivity contribution in [2.24, 2.45) is 0 Å². The van der Waals surface area contributed by atoms with Crippen molar-refractivity contribution >= 4 is 11.6 Å². The average molecular weight is 432 g/mol. The Morgan fingerprint density at radius 3 is 2.23 bits per heavy atom. The number of anilines is 1. The quantitative estimate of drug-likeness (QED) is 0.580. The summed E-state index contributed by atoms with van der Waals surface area (Å²) in [7, 11) is 0. The molecule has 9 heteroatoms. The molecule has 0 saturated carbocycles. The summed E-state index contributed by atoms with van der Waals surface area (Å²) in [5.41, 5.74) is 1.04. The minimum atomic E-state index is -4.37. The van der Waals surface area contributed by atoms with Gasteiger partial charge in [-0.1, -0.05) is 12.1 Å². The fourth-order valence-corrected chi connectivity index (χ4v) is 3.65. The first-order valence-corrected chi connectivity index (χ1v) is 9.77. The molecule has 0 aliphatic carbocycles. The molecule has 0 atom stereocenters. The van der Waals surface area contributed by atoms with Gasteiger partial charge in [-0.2, -0.15) is 18.3 Å². The minimum Gasteiger partial charge on any atom is -0.368 e. The summed E-state index contributed by atoms with van der Waals surface area (Å²) in [4.78, 5) is 16.7. The Bertz CT molecular complexity index is 1080. The largest absolute Gasteiger partial charge is 0.416 e. The Hall–Kier alpha value is -3.36. The lowest BCUT2D eigenvalue weighted by atomic mass is 10.1. The predicted octanol–water partition coefficient (Wildman–Crippen LogP) is 4.30. The molecule has 1 saturated heterocycles. The standard InChI is InChI=1S/C22H20F4N4O/c1-15-14-20(30(27-15)19-5-3-2-4-18(19)23)21(31)29-12-10-28(11-13-29)17-8-6-16(7-9-17)22(24,25)26/h2-9,14H,10-13H2,1H3. The summed E-state index contributed by atoms with van der Waals surface area (Å²) in [6, 6.07) is 12.7. The third-order valence-electron chi connectivity index (χ3n) is 5.26. The molecule has 2 aromatic carbocycles. The van der Waals surface area contributed by atoms with Crippen molar-refractivity contribution in [2.45, 2.75) is 13.1 Å². The van der Waals surface area contributed by atoms with E-state index in [2.05, 4.69) is 5.10 Å². The van der Waals surface area contributed by atoms with Crippen LogP contribution in [-0.4, -0.2) is 46.8 Å². The molecule has 1 amide bonds. The number of hydrogen-bond donors (Lipinski definition) is 0. The first kappa shape index (κ1) is 20.9. The van der Waals surface area contributed by atoms with E-state index in [4.69, 9.17) is 0 Å². The number of para-hydroxylation sites is 1. The van der Waals surface area contributed by atoms with Crippen LogP contribution in [0.3, 0.4) is 0 Å². The highest BCUT2D eigenvalue weighted by Gasteiger charge is 2.31. The van der Waals surface area contributed by atoms with E-state index in [0.29, 0.717) is 37.6 Å². The maximum atomic E-state index is 14.2. The van der Waals surface area contributed by atoms with Gasteiger partial charge < -0.3 is 9.80 Å². The number of hydrogen-bond acceptors (Lipinski definition) is 3. The monoisotopic (exact) mass is 432 g/mol. The van der Waals surface area contributed by atoms with Crippen molar-refractivity contribution in [1.29, 1.82) is 0 Å². The number of aryl methyl sites for hydroxylation is 1. The number of nitrogens with zero attached hydrogens (tertiary/aromatic N) is 4. The number of rotatable bonds is 3. The second kappa shape index (κ2) is 8.05. The Balaban J connectivity index is 1.48. The molecular weight excluding hydrogens is 412 g/mol. The summed E-state index contributed by atoms with van der Waals surface area (Å²) in [5, 5.41) is 4.28. The van der Waals surface area contributed by atoms with Crippen LogP contribution < -0.4 is 4.90 Å². The Morgan fingerprint density at radius 1 is 0.968 bits per heavy atom. The number of alkyl halides is 3. The fourth-order valence-electron chi connectivity index (χ4n) is 3.65. The number of piperazine rings is 1. The van der Waals surface area contributed by atoms with Crippen LogP contribution in [0.25, 0.3) is 5.69 Å². The molecule has 0 spiro atoms. The Labute approximate surface area is 176 Å². The summed E-state index contributed by atoms with van der Waals surface area (Å²) in [5.74, 6) is -0.748. The minimum absolute atomic E-state index is 0.197. The van der Waals surface area contributed by atoms with Gasteiger partial charge in [-0.25, -0.2) is 9.07 Å². The molecule has 0 radical (unpaired) electrons. The number of amides is 1. The average Bonchev–Trinajstić information content (AvgIpc) is 3.14. The summed E-state index contributed by atoms with van der Waals surface area (Å²) in [6.45, 7) is 3.47. The lowest BCUT2D eigenvalue weighted by Gasteiger charge is -2.36. The van der Waals surface area contributed by atoms with Gasteiger partial charge in [0.15, 0.2) is 0 Å². The molecule has 1 aliphatic rings. The van der Waals surface area contributed by atoms with Crippen molar-refractivity contribution in [3.05, 3.63) is 77.4 Å². The van der Waals surface area contributed by atoms with Crippen LogP contribution in [0.15, 0.2) is 54.6 Å². The van der Waals surface area contributed by atoms with E-state index in [-0.39, 0.29) is 17.3 Å². The van der Waals surface area contributed by atoms with Gasteiger partial charge in [-0.3, -0.25) is 4.79 Å². The highest BCUT2D eigenvalue weighted by Crippen LogP contribution is 2.30. The summed E-state index contributed by atoms with van der Waals surface area (Å²) in [6.07, 6.45) is -4.37. The molecule has 1 fully saturated rings. The van der Waals surface area contributed by atoms with E-state index < -0.39 is 17.6 Å². The van der Waals surface area contributed by atoms with Gasteiger partial charge in [0.2, 0.25) is 0 Å². The summed E-state index contributed by atoms with van der Waals surface area (Å²) < 4.78 is 53.8. The van der Waals surface area contributed by atoms with Gasteiger partial charge in [-0.05, 0) is 49.4 Å². The Morgan fingerprint density at radius 2 is 1.61 bits per heavy atom. The van der Waals surface area contributed by atoms with E-state index >= 15 is 0 Å². The van der Waals surface area contributed by atoms with Gasteiger partial charge in [0.05, 0.1) is 11.3 Å². The zero-order chi connectivity index (χ0) is 22.2. The molecule has 31 heavy (non-hydrogen) atoms. The lowest BCUT2D eigenvalue weighted by molar-refractivity contribution is -0.137. The van der Waals surface area contributed by atoms with Gasteiger partial charge in [0.1, 0.15) is 17.2 Å². The van der Waals surface area contributed by atoms with Crippen molar-refractivity contribution in [1.82, 2.24) is 14.7 Å². The van der Waals surface area contributed by atoms with Crippen LogP contribution in [0.4, 0.5) is 23.2 Å². The number of carbonyl (C=O) groups is 1. The second-order valence-corrected chi connectivity index (χ2v) is 7.36. The second-order valence-electron chi connectivity index (χ2n) is 7.36. The fraction of sp³-hybridized carbons (Fsp3) is 0.273. The van der Waals surface area contributed by atoms with Gasteiger partial charge in [0.25, 0.3) is 5.91 Å². The molecule has 1 aromatic heterocycles. The molecule has 0 bridgehead atoms. The molecule has 4 rings (SSSR count). The lowest BCUT2D eigenvalue weighted by Crippen LogP contribution is -2.49. The van der Waals surface area contributed by atoms with Crippen LogP contribution in [0.1, 0.15) is 21.7 Å². The molecule has 3 aromatic rings. The van der Waals surface area contributed by atoms with Crippen molar-refractivity contribution in [3.63, 3.8) is 0 Å². The molecule has 0 N–H and O–H groups in total. The SMILES string of the molecule is Cc1cc(C(=O)N2CCN(c3ccc(C(F)(F)F)cc3)CC2)n(-c2ccccc2F)n1. The van der Waals surface area contributed by atoms with Crippen molar-refractivity contribution in [2.75, 3.05) is 31.1 Å². The Kier molecular flexibility index (Phi) is 5.43. The maximum Gasteiger partial charge on any atom is 0.416 e. The molecule has 0 unspecified atom stereocenters. The number of benzene rings is 2. The summed E-state index contributed by atoms with van der Waals surface area (Å²) >= 11 is 0.